The lowest BCUT2D eigenvalue weighted by Crippen LogP contribution is -1.95. The molecule has 0 aromatic heterocycles. The first-order valence-electron chi connectivity index (χ1n) is 11.9. The second-order valence-electron chi connectivity index (χ2n) is 8.00. The second kappa shape index (κ2) is 19.9. The highest BCUT2D eigenvalue weighted by atomic mass is 16.5. The van der Waals surface area contributed by atoms with Crippen LogP contribution in [0.1, 0.15) is 115 Å². The molecule has 0 atom stereocenters. The van der Waals surface area contributed by atoms with Gasteiger partial charge in [0.15, 0.2) is 0 Å². The molecule has 0 heterocycles. The number of rotatable bonds is 20. The molecule has 0 amide bonds. The Bertz CT molecular complexity index is 386. The molecule has 0 bridgehead atoms. The highest BCUT2D eigenvalue weighted by Gasteiger charge is 1.96. The van der Waals surface area contributed by atoms with Crippen molar-refractivity contribution in [2.75, 3.05) is 6.61 Å². The van der Waals surface area contributed by atoms with Gasteiger partial charge in [0, 0.05) is 6.61 Å². The quantitative estimate of drug-likeness (QED) is 0.208. The van der Waals surface area contributed by atoms with Crippen LogP contribution in [0.15, 0.2) is 30.3 Å². The molecule has 0 aliphatic rings. The first-order valence-corrected chi connectivity index (χ1v) is 11.9. The fourth-order valence-electron chi connectivity index (χ4n) is 3.53. The lowest BCUT2D eigenvalue weighted by Gasteiger charge is -2.05. The van der Waals surface area contributed by atoms with Gasteiger partial charge < -0.3 is 4.74 Å². The van der Waals surface area contributed by atoms with Gasteiger partial charge in [-0.15, -0.1) is 0 Å². The molecule has 155 valence electrons. The van der Waals surface area contributed by atoms with E-state index >= 15 is 0 Å². The predicted octanol–water partition coefficient (Wildman–Crippen LogP) is 8.67. The smallest absolute Gasteiger partial charge is 0.0716 e. The normalized spacial score (nSPS) is 11.1. The average molecular weight is 374 g/mol. The molecule has 0 aliphatic carbocycles. The third-order valence-electron chi connectivity index (χ3n) is 5.32. The van der Waals surface area contributed by atoms with E-state index in [1.54, 1.807) is 0 Å². The third kappa shape index (κ3) is 17.0. The summed E-state index contributed by atoms with van der Waals surface area (Å²) >= 11 is 0. The van der Waals surface area contributed by atoms with E-state index in [0.29, 0.717) is 0 Å². The van der Waals surface area contributed by atoms with Crippen LogP contribution in [0.2, 0.25) is 0 Å². The minimum absolute atomic E-state index is 0.760. The summed E-state index contributed by atoms with van der Waals surface area (Å²) in [6.45, 7) is 3.96. The Morgan fingerprint density at radius 2 is 1.15 bits per heavy atom. The highest BCUT2D eigenvalue weighted by molar-refractivity contribution is 5.13. The SMILES string of the molecule is CCCCCCCCC[CH]CCCCCCCCCOCc1ccccc1. The van der Waals surface area contributed by atoms with Crippen LogP contribution in [0.4, 0.5) is 0 Å². The molecule has 0 saturated carbocycles. The molecule has 0 aliphatic heterocycles. The molecule has 1 radical (unpaired) electrons. The molecule has 1 nitrogen and oxygen atoms in total. The van der Waals surface area contributed by atoms with Crippen LogP contribution in [-0.4, -0.2) is 6.61 Å². The summed E-state index contributed by atoms with van der Waals surface area (Å²) in [5.74, 6) is 0. The van der Waals surface area contributed by atoms with Crippen molar-refractivity contribution in [2.45, 2.75) is 116 Å². The monoisotopic (exact) mass is 373 g/mol. The molecule has 1 aromatic carbocycles. The standard InChI is InChI=1S/C26H45O/c1-2-3-4-5-6-7-8-9-10-11-12-13-14-15-16-17-21-24-27-25-26-22-19-18-20-23-26/h10,18-20,22-23H,2-9,11-17,21,24-25H2,1H3. The van der Waals surface area contributed by atoms with Gasteiger partial charge in [-0.2, -0.15) is 0 Å². The molecule has 0 unspecified atom stereocenters. The zero-order chi connectivity index (χ0) is 19.3. The average Bonchev–Trinajstić information content (AvgIpc) is 2.70. The summed E-state index contributed by atoms with van der Waals surface area (Å²) in [5.41, 5.74) is 1.28. The fraction of sp³-hybridized carbons (Fsp3) is 0.731. The lowest BCUT2D eigenvalue weighted by atomic mass is 10.0. The van der Waals surface area contributed by atoms with E-state index in [9.17, 15) is 0 Å². The van der Waals surface area contributed by atoms with E-state index in [1.165, 1.54) is 108 Å². The molecular formula is C26H45O. The van der Waals surface area contributed by atoms with Gasteiger partial charge in [0.05, 0.1) is 6.61 Å². The summed E-state index contributed by atoms with van der Waals surface area (Å²) in [7, 11) is 0. The molecular weight excluding hydrogens is 328 g/mol. The summed E-state index contributed by atoms with van der Waals surface area (Å²) < 4.78 is 5.74. The summed E-state index contributed by atoms with van der Waals surface area (Å²) in [5, 5.41) is 0. The first-order chi connectivity index (χ1) is 13.4. The lowest BCUT2D eigenvalue weighted by molar-refractivity contribution is 0.116. The van der Waals surface area contributed by atoms with E-state index in [4.69, 9.17) is 4.74 Å². The zero-order valence-corrected chi connectivity index (χ0v) is 18.1. The molecule has 0 saturated heterocycles. The van der Waals surface area contributed by atoms with Crippen molar-refractivity contribution in [3.05, 3.63) is 42.3 Å². The Kier molecular flexibility index (Phi) is 17.9. The Morgan fingerprint density at radius 1 is 0.630 bits per heavy atom. The van der Waals surface area contributed by atoms with Crippen molar-refractivity contribution in [3.8, 4) is 0 Å². The van der Waals surface area contributed by atoms with Crippen molar-refractivity contribution < 1.29 is 4.74 Å². The van der Waals surface area contributed by atoms with Crippen LogP contribution < -0.4 is 0 Å². The first kappa shape index (κ1) is 24.2. The van der Waals surface area contributed by atoms with E-state index in [1.807, 2.05) is 0 Å². The number of hydrogen-bond donors (Lipinski definition) is 0. The van der Waals surface area contributed by atoms with Crippen molar-refractivity contribution in [1.82, 2.24) is 0 Å². The van der Waals surface area contributed by atoms with Gasteiger partial charge >= 0.3 is 0 Å². The second-order valence-corrected chi connectivity index (χ2v) is 8.00. The molecule has 0 spiro atoms. The van der Waals surface area contributed by atoms with Gasteiger partial charge in [-0.3, -0.25) is 0 Å². The van der Waals surface area contributed by atoms with E-state index < -0.39 is 0 Å². The molecule has 0 fully saturated rings. The maximum Gasteiger partial charge on any atom is 0.0716 e. The minimum atomic E-state index is 0.760. The number of benzene rings is 1. The topological polar surface area (TPSA) is 9.23 Å². The van der Waals surface area contributed by atoms with Crippen LogP contribution in [0.25, 0.3) is 0 Å². The maximum absolute atomic E-state index is 5.74. The van der Waals surface area contributed by atoms with Gasteiger partial charge in [-0.05, 0) is 18.4 Å². The van der Waals surface area contributed by atoms with Gasteiger partial charge in [-0.1, -0.05) is 134 Å². The molecule has 1 heteroatoms. The van der Waals surface area contributed by atoms with Gasteiger partial charge in [0.2, 0.25) is 0 Å². The maximum atomic E-state index is 5.74. The number of hydrogen-bond acceptors (Lipinski definition) is 1. The Balaban J connectivity index is 1.67. The Labute approximate surface area is 170 Å². The summed E-state index contributed by atoms with van der Waals surface area (Å²) in [6, 6.07) is 10.5. The van der Waals surface area contributed by atoms with Gasteiger partial charge in [0.1, 0.15) is 0 Å². The van der Waals surface area contributed by atoms with Crippen LogP contribution >= 0.6 is 0 Å². The molecule has 0 N–H and O–H groups in total. The van der Waals surface area contributed by atoms with E-state index in [-0.39, 0.29) is 0 Å². The van der Waals surface area contributed by atoms with Gasteiger partial charge in [0.25, 0.3) is 0 Å². The summed E-state index contributed by atoms with van der Waals surface area (Å²) in [6.07, 6.45) is 24.7. The largest absolute Gasteiger partial charge is 0.377 e. The third-order valence-corrected chi connectivity index (χ3v) is 5.32. The van der Waals surface area contributed by atoms with Crippen LogP contribution in [0, 0.1) is 6.42 Å². The van der Waals surface area contributed by atoms with E-state index in [2.05, 4.69) is 43.7 Å². The van der Waals surface area contributed by atoms with Crippen molar-refractivity contribution in [3.63, 3.8) is 0 Å². The molecule has 1 aromatic rings. The minimum Gasteiger partial charge on any atom is -0.377 e. The fourth-order valence-corrected chi connectivity index (χ4v) is 3.53. The Morgan fingerprint density at radius 3 is 1.74 bits per heavy atom. The van der Waals surface area contributed by atoms with Crippen LogP contribution in [0.3, 0.4) is 0 Å². The number of unbranched alkanes of at least 4 members (excludes halogenated alkanes) is 16. The summed E-state index contributed by atoms with van der Waals surface area (Å²) in [4.78, 5) is 0. The Hall–Kier alpha value is -0.820. The van der Waals surface area contributed by atoms with Crippen LogP contribution in [-0.2, 0) is 11.3 Å². The van der Waals surface area contributed by atoms with Crippen LogP contribution in [0.5, 0.6) is 0 Å². The highest BCUT2D eigenvalue weighted by Crippen LogP contribution is 2.13. The predicted molar refractivity (Wildman–Crippen MR) is 120 cm³/mol. The molecule has 1 rings (SSSR count). The van der Waals surface area contributed by atoms with Crippen molar-refractivity contribution in [1.29, 1.82) is 0 Å². The molecule has 27 heavy (non-hydrogen) atoms. The van der Waals surface area contributed by atoms with Crippen molar-refractivity contribution >= 4 is 0 Å². The van der Waals surface area contributed by atoms with Crippen molar-refractivity contribution in [2.24, 2.45) is 0 Å². The number of ether oxygens (including phenoxy) is 1. The van der Waals surface area contributed by atoms with Gasteiger partial charge in [-0.25, -0.2) is 0 Å². The zero-order valence-electron chi connectivity index (χ0n) is 18.1. The van der Waals surface area contributed by atoms with E-state index in [0.717, 1.165) is 13.2 Å².